The van der Waals surface area contributed by atoms with Crippen molar-refractivity contribution in [2.75, 3.05) is 0 Å². The molecule has 0 saturated heterocycles. The van der Waals surface area contributed by atoms with Crippen molar-refractivity contribution in [2.24, 2.45) is 11.8 Å². The molecule has 0 aromatic heterocycles. The van der Waals surface area contributed by atoms with Crippen LogP contribution in [0.1, 0.15) is 36.0 Å². The Labute approximate surface area is 116 Å². The number of hydrogen-bond acceptors (Lipinski definition) is 5. The highest BCUT2D eigenvalue weighted by atomic mass is 16.5. The number of phenols is 1. The third-order valence-electron chi connectivity index (χ3n) is 3.63. The van der Waals surface area contributed by atoms with Gasteiger partial charge in [-0.1, -0.05) is 0 Å². The van der Waals surface area contributed by atoms with Crippen LogP contribution >= 0.6 is 0 Å². The maximum absolute atomic E-state index is 12.0. The lowest BCUT2D eigenvalue weighted by Crippen LogP contribution is -2.26. The van der Waals surface area contributed by atoms with Gasteiger partial charge in [0.15, 0.2) is 6.29 Å². The van der Waals surface area contributed by atoms with Crippen molar-refractivity contribution in [1.82, 2.24) is 0 Å². The second kappa shape index (κ2) is 6.32. The number of hydrogen-bond donors (Lipinski definition) is 1. The van der Waals surface area contributed by atoms with Gasteiger partial charge in [0, 0.05) is 5.92 Å². The summed E-state index contributed by atoms with van der Waals surface area (Å²) in [6.45, 7) is 0. The first-order chi connectivity index (χ1) is 9.63. The molecule has 20 heavy (non-hydrogen) atoms. The van der Waals surface area contributed by atoms with Crippen LogP contribution in [0, 0.1) is 11.8 Å². The first-order valence-corrected chi connectivity index (χ1v) is 6.59. The quantitative estimate of drug-likeness (QED) is 0.517. The van der Waals surface area contributed by atoms with E-state index in [2.05, 4.69) is 0 Å². The normalized spacial score (nSPS) is 22.0. The number of carbonyl (C=O) groups excluding carboxylic acids is 3. The van der Waals surface area contributed by atoms with E-state index in [1.165, 1.54) is 18.2 Å². The molecule has 0 amide bonds. The molecule has 0 unspecified atom stereocenters. The van der Waals surface area contributed by atoms with E-state index in [1.54, 1.807) is 0 Å². The lowest BCUT2D eigenvalue weighted by atomic mass is 9.83. The average molecular weight is 276 g/mol. The van der Waals surface area contributed by atoms with Crippen molar-refractivity contribution in [3.05, 3.63) is 23.8 Å². The van der Waals surface area contributed by atoms with Crippen LogP contribution in [-0.2, 0) is 9.59 Å². The van der Waals surface area contributed by atoms with E-state index in [4.69, 9.17) is 4.74 Å². The molecule has 5 heteroatoms. The van der Waals surface area contributed by atoms with E-state index in [0.717, 1.165) is 6.29 Å². The summed E-state index contributed by atoms with van der Waals surface area (Å²) in [6.07, 6.45) is 4.10. The molecule has 5 nitrogen and oxygen atoms in total. The molecule has 1 aliphatic carbocycles. The Morgan fingerprint density at radius 1 is 1.20 bits per heavy atom. The second-order valence-corrected chi connectivity index (χ2v) is 5.01. The van der Waals surface area contributed by atoms with Crippen molar-refractivity contribution in [1.29, 1.82) is 0 Å². The van der Waals surface area contributed by atoms with Gasteiger partial charge in [-0.3, -0.25) is 9.59 Å². The molecule has 1 aromatic rings. The first kappa shape index (κ1) is 14.2. The minimum Gasteiger partial charge on any atom is -0.508 e. The molecule has 1 fully saturated rings. The van der Waals surface area contributed by atoms with Gasteiger partial charge < -0.3 is 14.6 Å². The van der Waals surface area contributed by atoms with Crippen molar-refractivity contribution < 1.29 is 24.2 Å². The van der Waals surface area contributed by atoms with Crippen LogP contribution in [0.15, 0.2) is 18.2 Å². The Morgan fingerprint density at radius 2 is 1.90 bits per heavy atom. The van der Waals surface area contributed by atoms with Crippen LogP contribution in [-0.4, -0.2) is 23.6 Å². The minimum atomic E-state index is -0.386. The molecule has 0 heterocycles. The van der Waals surface area contributed by atoms with E-state index >= 15 is 0 Å². The number of phenolic OH excluding ortho intramolecular Hbond substituents is 1. The van der Waals surface area contributed by atoms with Gasteiger partial charge in [0.05, 0.1) is 11.5 Å². The summed E-state index contributed by atoms with van der Waals surface area (Å²) in [5, 5.41) is 9.28. The van der Waals surface area contributed by atoms with Crippen LogP contribution in [0.2, 0.25) is 0 Å². The van der Waals surface area contributed by atoms with Crippen molar-refractivity contribution in [2.45, 2.75) is 25.7 Å². The summed E-state index contributed by atoms with van der Waals surface area (Å²) in [5.74, 6) is -0.486. The zero-order valence-corrected chi connectivity index (χ0v) is 11.0. The lowest BCUT2D eigenvalue weighted by molar-refractivity contribution is -0.140. The molecule has 0 spiro atoms. The molecule has 0 bridgehead atoms. The number of aromatic hydroxyl groups is 1. The summed E-state index contributed by atoms with van der Waals surface area (Å²) < 4.78 is 5.23. The summed E-state index contributed by atoms with van der Waals surface area (Å²) >= 11 is 0. The average Bonchev–Trinajstić information content (AvgIpc) is 2.49. The first-order valence-electron chi connectivity index (χ1n) is 6.59. The molecule has 1 aromatic carbocycles. The fraction of sp³-hybridized carbons (Fsp3) is 0.400. The lowest BCUT2D eigenvalue weighted by Gasteiger charge is -2.23. The van der Waals surface area contributed by atoms with Crippen LogP contribution in [0.3, 0.4) is 0 Å². The Bertz CT molecular complexity index is 515. The predicted octanol–water partition coefficient (Wildman–Crippen LogP) is 2.12. The topological polar surface area (TPSA) is 80.7 Å². The molecular formula is C15H16O5. The third-order valence-corrected chi connectivity index (χ3v) is 3.63. The highest BCUT2D eigenvalue weighted by molar-refractivity contribution is 5.83. The fourth-order valence-corrected chi connectivity index (χ4v) is 2.40. The van der Waals surface area contributed by atoms with Crippen molar-refractivity contribution in [3.8, 4) is 11.5 Å². The van der Waals surface area contributed by atoms with Gasteiger partial charge in [0.2, 0.25) is 0 Å². The second-order valence-electron chi connectivity index (χ2n) is 5.01. The van der Waals surface area contributed by atoms with Crippen LogP contribution < -0.4 is 4.74 Å². The number of esters is 1. The van der Waals surface area contributed by atoms with Gasteiger partial charge in [-0.2, -0.15) is 0 Å². The van der Waals surface area contributed by atoms with Gasteiger partial charge in [0.1, 0.15) is 17.8 Å². The van der Waals surface area contributed by atoms with Crippen molar-refractivity contribution in [3.63, 3.8) is 0 Å². The number of benzene rings is 1. The molecular weight excluding hydrogens is 260 g/mol. The summed E-state index contributed by atoms with van der Waals surface area (Å²) in [5.41, 5.74) is 0.139. The standard InChI is InChI=1S/C15H16O5/c16-8-10-1-3-11(4-2-10)15(19)20-14-6-5-13(18)7-12(14)9-17/h5-11,18H,1-4H2/t10-,11-. The zero-order chi connectivity index (χ0) is 14.5. The molecule has 1 saturated carbocycles. The van der Waals surface area contributed by atoms with Crippen LogP contribution in [0.4, 0.5) is 0 Å². The third kappa shape index (κ3) is 3.23. The Hall–Kier alpha value is -2.17. The Balaban J connectivity index is 2.01. The molecule has 2 rings (SSSR count). The van der Waals surface area contributed by atoms with E-state index in [-0.39, 0.29) is 34.9 Å². The predicted molar refractivity (Wildman–Crippen MR) is 70.6 cm³/mol. The number of rotatable bonds is 4. The SMILES string of the molecule is O=Cc1cc(O)ccc1OC(=O)[C@H]1CC[C@H](C=O)CC1. The highest BCUT2D eigenvalue weighted by Gasteiger charge is 2.27. The summed E-state index contributed by atoms with van der Waals surface area (Å²) in [7, 11) is 0. The van der Waals surface area contributed by atoms with E-state index in [1.807, 2.05) is 0 Å². The molecule has 1 aliphatic rings. The molecule has 1 N–H and O–H groups in total. The zero-order valence-electron chi connectivity index (χ0n) is 11.0. The summed E-state index contributed by atoms with van der Waals surface area (Å²) in [6, 6.07) is 4.01. The minimum absolute atomic E-state index is 0.0401. The number of carbonyl (C=O) groups is 3. The fourth-order valence-electron chi connectivity index (χ4n) is 2.40. The molecule has 0 atom stereocenters. The smallest absolute Gasteiger partial charge is 0.314 e. The highest BCUT2D eigenvalue weighted by Crippen LogP contribution is 2.30. The monoisotopic (exact) mass is 276 g/mol. The van der Waals surface area contributed by atoms with Gasteiger partial charge in [-0.25, -0.2) is 0 Å². The van der Waals surface area contributed by atoms with Crippen molar-refractivity contribution >= 4 is 18.5 Å². The number of ether oxygens (including phenoxy) is 1. The van der Waals surface area contributed by atoms with Crippen LogP contribution in [0.25, 0.3) is 0 Å². The Kier molecular flexibility index (Phi) is 4.50. The van der Waals surface area contributed by atoms with Gasteiger partial charge in [-0.15, -0.1) is 0 Å². The van der Waals surface area contributed by atoms with E-state index in [0.29, 0.717) is 32.0 Å². The molecule has 106 valence electrons. The largest absolute Gasteiger partial charge is 0.508 e. The Morgan fingerprint density at radius 3 is 2.50 bits per heavy atom. The van der Waals surface area contributed by atoms with E-state index < -0.39 is 0 Å². The van der Waals surface area contributed by atoms with E-state index in [9.17, 15) is 19.5 Å². The maximum atomic E-state index is 12.0. The molecule has 0 aliphatic heterocycles. The van der Waals surface area contributed by atoms with Crippen LogP contribution in [0.5, 0.6) is 11.5 Å². The van der Waals surface area contributed by atoms with Gasteiger partial charge in [0.25, 0.3) is 0 Å². The molecule has 0 radical (unpaired) electrons. The van der Waals surface area contributed by atoms with Gasteiger partial charge in [-0.05, 0) is 43.9 Å². The number of aldehydes is 2. The maximum Gasteiger partial charge on any atom is 0.314 e. The summed E-state index contributed by atoms with van der Waals surface area (Å²) in [4.78, 5) is 33.6. The van der Waals surface area contributed by atoms with Gasteiger partial charge >= 0.3 is 5.97 Å².